The van der Waals surface area contributed by atoms with E-state index in [9.17, 15) is 10.1 Å². The highest BCUT2D eigenvalue weighted by atomic mass is 16.5. The van der Waals surface area contributed by atoms with Crippen molar-refractivity contribution >= 4 is 23.0 Å². The third-order valence-electron chi connectivity index (χ3n) is 3.77. The van der Waals surface area contributed by atoms with Gasteiger partial charge in [0.15, 0.2) is 11.5 Å². The van der Waals surface area contributed by atoms with Crippen LogP contribution in [-0.2, 0) is 4.79 Å². The second-order valence-corrected chi connectivity index (χ2v) is 5.78. The van der Waals surface area contributed by atoms with Gasteiger partial charge in [0, 0.05) is 43.4 Å². The van der Waals surface area contributed by atoms with Crippen molar-refractivity contribution in [3.05, 3.63) is 54.2 Å². The highest BCUT2D eigenvalue weighted by molar-refractivity contribution is 6.06. The van der Waals surface area contributed by atoms with Crippen LogP contribution in [0.5, 0.6) is 11.5 Å². The van der Waals surface area contributed by atoms with E-state index in [0.29, 0.717) is 17.2 Å². The maximum absolute atomic E-state index is 12.3. The lowest BCUT2D eigenvalue weighted by Crippen LogP contribution is -2.14. The van der Waals surface area contributed by atoms with Gasteiger partial charge in [-0.1, -0.05) is 0 Å². The third-order valence-corrected chi connectivity index (χ3v) is 3.77. The fourth-order valence-electron chi connectivity index (χ4n) is 2.27. The van der Waals surface area contributed by atoms with Crippen molar-refractivity contribution in [2.75, 3.05) is 43.8 Å². The number of carbonyl (C=O) groups is 1. The predicted octanol–water partition coefficient (Wildman–Crippen LogP) is 3.23. The summed E-state index contributed by atoms with van der Waals surface area (Å²) < 4.78 is 10.4. The molecule has 0 spiro atoms. The maximum Gasteiger partial charge on any atom is 0.267 e. The van der Waals surface area contributed by atoms with E-state index in [1.54, 1.807) is 18.2 Å². The lowest BCUT2D eigenvalue weighted by Gasteiger charge is -2.12. The molecule has 0 radical (unpaired) electrons. The summed E-state index contributed by atoms with van der Waals surface area (Å²) in [5.74, 6) is 0.508. The molecule has 2 N–H and O–H groups in total. The molecule has 0 aliphatic carbocycles. The van der Waals surface area contributed by atoms with Crippen LogP contribution in [0.1, 0.15) is 0 Å². The molecule has 7 heteroatoms. The van der Waals surface area contributed by atoms with Gasteiger partial charge in [0.2, 0.25) is 0 Å². The average molecular weight is 366 g/mol. The lowest BCUT2D eigenvalue weighted by atomic mass is 10.2. The van der Waals surface area contributed by atoms with E-state index in [-0.39, 0.29) is 5.57 Å². The van der Waals surface area contributed by atoms with Gasteiger partial charge >= 0.3 is 0 Å². The quantitative estimate of drug-likeness (QED) is 0.578. The number of nitrogens with one attached hydrogen (secondary N) is 2. The maximum atomic E-state index is 12.3. The summed E-state index contributed by atoms with van der Waals surface area (Å²) in [6.07, 6.45) is 1.38. The summed E-state index contributed by atoms with van der Waals surface area (Å²) in [6, 6.07) is 14.5. The van der Waals surface area contributed by atoms with Gasteiger partial charge in [-0.05, 0) is 36.4 Å². The highest BCUT2D eigenvalue weighted by Gasteiger charge is 2.11. The molecule has 0 bridgehead atoms. The van der Waals surface area contributed by atoms with Crippen molar-refractivity contribution in [2.24, 2.45) is 0 Å². The van der Waals surface area contributed by atoms with Crippen LogP contribution in [0.4, 0.5) is 17.1 Å². The Morgan fingerprint density at radius 1 is 1.04 bits per heavy atom. The van der Waals surface area contributed by atoms with Gasteiger partial charge in [0.25, 0.3) is 5.91 Å². The Morgan fingerprint density at radius 3 is 2.22 bits per heavy atom. The Labute approximate surface area is 158 Å². The predicted molar refractivity (Wildman–Crippen MR) is 106 cm³/mol. The molecule has 0 atom stereocenters. The number of carbonyl (C=O) groups excluding carboxylic acids is 1. The van der Waals surface area contributed by atoms with Crippen LogP contribution in [0.15, 0.2) is 54.2 Å². The Kier molecular flexibility index (Phi) is 6.67. The second-order valence-electron chi connectivity index (χ2n) is 5.78. The molecule has 0 heterocycles. The number of hydrogen-bond acceptors (Lipinski definition) is 6. The molecule has 2 aromatic carbocycles. The molecule has 0 unspecified atom stereocenters. The molecule has 0 fully saturated rings. The minimum Gasteiger partial charge on any atom is -0.493 e. The number of hydrogen-bond donors (Lipinski definition) is 2. The van der Waals surface area contributed by atoms with Crippen LogP contribution in [-0.4, -0.2) is 34.2 Å². The number of amides is 1. The van der Waals surface area contributed by atoms with Gasteiger partial charge < -0.3 is 25.0 Å². The highest BCUT2D eigenvalue weighted by Crippen LogP contribution is 2.29. The summed E-state index contributed by atoms with van der Waals surface area (Å²) in [6.45, 7) is 0. The first-order valence-corrected chi connectivity index (χ1v) is 8.16. The minimum absolute atomic E-state index is 0.0542. The standard InChI is InChI=1S/C20H22N4O3/c1-24(2)17-8-5-15(6-9-17)22-13-14(12-21)20(25)23-16-7-10-18(26-3)19(11-16)27-4/h5-11,13,22H,1-4H3,(H,23,25)/b14-13-. The first-order chi connectivity index (χ1) is 13.0. The number of rotatable bonds is 7. The summed E-state index contributed by atoms with van der Waals surface area (Å²) in [5, 5.41) is 14.9. The number of methoxy groups -OCH3 is 2. The molecular weight excluding hydrogens is 344 g/mol. The summed E-state index contributed by atoms with van der Waals surface area (Å²) in [4.78, 5) is 14.3. The van der Waals surface area contributed by atoms with Crippen molar-refractivity contribution in [2.45, 2.75) is 0 Å². The van der Waals surface area contributed by atoms with E-state index in [1.165, 1.54) is 20.4 Å². The van der Waals surface area contributed by atoms with Gasteiger partial charge in [-0.25, -0.2) is 0 Å². The third kappa shape index (κ3) is 5.16. The monoisotopic (exact) mass is 366 g/mol. The van der Waals surface area contributed by atoms with Crippen molar-refractivity contribution in [1.82, 2.24) is 0 Å². The Bertz CT molecular complexity index is 868. The molecular formula is C20H22N4O3. The topological polar surface area (TPSA) is 86.6 Å². The molecule has 0 saturated carbocycles. The summed E-state index contributed by atoms with van der Waals surface area (Å²) in [7, 11) is 6.95. The van der Waals surface area contributed by atoms with Crippen molar-refractivity contribution in [3.8, 4) is 17.6 Å². The minimum atomic E-state index is -0.526. The number of nitrogens with zero attached hydrogens (tertiary/aromatic N) is 2. The van der Waals surface area contributed by atoms with E-state index in [1.807, 2.05) is 49.3 Å². The van der Waals surface area contributed by atoms with Crippen LogP contribution >= 0.6 is 0 Å². The first-order valence-electron chi connectivity index (χ1n) is 8.16. The molecule has 2 aromatic rings. The van der Waals surface area contributed by atoms with Crippen LogP contribution in [0.2, 0.25) is 0 Å². The Morgan fingerprint density at radius 2 is 1.67 bits per heavy atom. The normalized spacial score (nSPS) is 10.6. The zero-order valence-electron chi connectivity index (χ0n) is 15.7. The van der Waals surface area contributed by atoms with Crippen molar-refractivity contribution < 1.29 is 14.3 Å². The first kappa shape index (κ1) is 19.7. The molecule has 0 aliphatic rings. The fourth-order valence-corrected chi connectivity index (χ4v) is 2.27. The summed E-state index contributed by atoms with van der Waals surface area (Å²) >= 11 is 0. The van der Waals surface area contributed by atoms with E-state index in [2.05, 4.69) is 10.6 Å². The van der Waals surface area contributed by atoms with E-state index < -0.39 is 5.91 Å². The number of ether oxygens (including phenoxy) is 2. The number of anilines is 3. The van der Waals surface area contributed by atoms with Gasteiger partial charge in [0.1, 0.15) is 11.6 Å². The zero-order chi connectivity index (χ0) is 19.8. The molecule has 0 aromatic heterocycles. The van der Waals surface area contributed by atoms with Crippen LogP contribution < -0.4 is 25.0 Å². The number of benzene rings is 2. The van der Waals surface area contributed by atoms with E-state index in [4.69, 9.17) is 9.47 Å². The van der Waals surface area contributed by atoms with E-state index >= 15 is 0 Å². The molecule has 0 aliphatic heterocycles. The summed E-state index contributed by atoms with van der Waals surface area (Å²) in [5.41, 5.74) is 2.26. The Hall–Kier alpha value is -3.66. The van der Waals surface area contributed by atoms with Crippen LogP contribution in [0.25, 0.3) is 0 Å². The molecule has 1 amide bonds. The van der Waals surface area contributed by atoms with Crippen molar-refractivity contribution in [1.29, 1.82) is 5.26 Å². The molecule has 140 valence electrons. The Balaban J connectivity index is 2.09. The van der Waals surface area contributed by atoms with Gasteiger partial charge in [-0.15, -0.1) is 0 Å². The molecule has 7 nitrogen and oxygen atoms in total. The molecule has 0 saturated heterocycles. The number of nitriles is 1. The lowest BCUT2D eigenvalue weighted by molar-refractivity contribution is -0.112. The van der Waals surface area contributed by atoms with Gasteiger partial charge in [-0.2, -0.15) is 5.26 Å². The molecule has 2 rings (SSSR count). The van der Waals surface area contributed by atoms with Crippen molar-refractivity contribution in [3.63, 3.8) is 0 Å². The average Bonchev–Trinajstić information content (AvgIpc) is 2.68. The van der Waals surface area contributed by atoms with E-state index in [0.717, 1.165) is 11.4 Å². The zero-order valence-corrected chi connectivity index (χ0v) is 15.7. The fraction of sp³-hybridized carbons (Fsp3) is 0.200. The SMILES string of the molecule is COc1ccc(NC(=O)/C(C#N)=C\Nc2ccc(N(C)C)cc2)cc1OC. The van der Waals surface area contributed by atoms with Crippen LogP contribution in [0, 0.1) is 11.3 Å². The smallest absolute Gasteiger partial charge is 0.267 e. The largest absolute Gasteiger partial charge is 0.493 e. The second kappa shape index (κ2) is 9.15. The molecule has 27 heavy (non-hydrogen) atoms. The van der Waals surface area contributed by atoms with Gasteiger partial charge in [0.05, 0.1) is 14.2 Å². The van der Waals surface area contributed by atoms with Crippen LogP contribution in [0.3, 0.4) is 0 Å². The van der Waals surface area contributed by atoms with Gasteiger partial charge in [-0.3, -0.25) is 4.79 Å².